The van der Waals surface area contributed by atoms with E-state index in [0.29, 0.717) is 25.7 Å². The van der Waals surface area contributed by atoms with Crippen LogP contribution in [-0.4, -0.2) is 33.5 Å². The van der Waals surface area contributed by atoms with Crippen molar-refractivity contribution >= 4 is 16.8 Å². The van der Waals surface area contributed by atoms with Crippen LogP contribution in [0, 0.1) is 6.92 Å². The maximum Gasteiger partial charge on any atom is 0.223 e. The van der Waals surface area contributed by atoms with Crippen molar-refractivity contribution in [3.05, 3.63) is 35.5 Å². The highest BCUT2D eigenvalue weighted by molar-refractivity contribution is 5.88. The van der Waals surface area contributed by atoms with Gasteiger partial charge in [-0.1, -0.05) is 26.0 Å². The number of hydrogen-bond donors (Lipinski definition) is 1. The van der Waals surface area contributed by atoms with Gasteiger partial charge in [0.25, 0.3) is 0 Å². The van der Waals surface area contributed by atoms with E-state index in [4.69, 9.17) is 0 Å². The molecule has 5 rings (SSSR count). The van der Waals surface area contributed by atoms with Gasteiger partial charge in [0.2, 0.25) is 5.91 Å². The fourth-order valence-corrected chi connectivity index (χ4v) is 4.98. The highest BCUT2D eigenvalue weighted by atomic mass is 19.1. The Labute approximate surface area is 148 Å². The Hall–Kier alpha value is -1.84. The number of halogens is 1. The molecule has 0 spiro atoms. The van der Waals surface area contributed by atoms with E-state index in [9.17, 15) is 9.18 Å². The summed E-state index contributed by atoms with van der Waals surface area (Å²) in [7, 11) is 0. The van der Waals surface area contributed by atoms with Crippen LogP contribution in [0.5, 0.6) is 0 Å². The minimum atomic E-state index is -0.998. The van der Waals surface area contributed by atoms with Crippen molar-refractivity contribution in [1.82, 2.24) is 9.88 Å². The Kier molecular flexibility index (Phi) is 3.89. The number of carbonyl (C=O) groups is 1. The van der Waals surface area contributed by atoms with E-state index in [0.717, 1.165) is 11.9 Å². The van der Waals surface area contributed by atoms with Crippen molar-refractivity contribution in [1.29, 1.82) is 0 Å². The smallest absolute Gasteiger partial charge is 0.223 e. The van der Waals surface area contributed by atoms with Gasteiger partial charge in [-0.05, 0) is 36.5 Å². The van der Waals surface area contributed by atoms with Gasteiger partial charge in [0.1, 0.15) is 5.67 Å². The molecule has 3 aliphatic rings. The number of aromatic nitrogens is 1. The molecule has 1 aromatic heterocycles. The molecular weight excluding hydrogens is 315 g/mol. The Morgan fingerprint density at radius 1 is 1.40 bits per heavy atom. The zero-order chi connectivity index (χ0) is 17.8. The van der Waals surface area contributed by atoms with Gasteiger partial charge in [-0.3, -0.25) is 4.79 Å². The number of H-pyrrole nitrogens is 1. The van der Waals surface area contributed by atoms with E-state index in [-0.39, 0.29) is 23.9 Å². The average molecular weight is 342 g/mol. The van der Waals surface area contributed by atoms with Gasteiger partial charge in [0, 0.05) is 54.9 Å². The third kappa shape index (κ3) is 2.66. The minimum Gasteiger partial charge on any atom is -0.361 e. The van der Waals surface area contributed by atoms with Gasteiger partial charge in [-0.25, -0.2) is 4.39 Å². The molecule has 4 heteroatoms. The molecule has 1 aromatic carbocycles. The summed E-state index contributed by atoms with van der Waals surface area (Å²) in [5.74, 6) is 0.339. The normalized spacial score (nSPS) is 29.5. The number of alkyl halides is 1. The van der Waals surface area contributed by atoms with Crippen LogP contribution in [0.15, 0.2) is 24.4 Å². The average Bonchev–Trinajstić information content (AvgIpc) is 2.98. The number of fused-ring (bicyclic) bond motifs is 3. The van der Waals surface area contributed by atoms with E-state index in [1.807, 2.05) is 17.2 Å². The molecule has 1 N–H and O–H groups in total. The van der Waals surface area contributed by atoms with E-state index in [1.165, 1.54) is 16.5 Å². The largest absolute Gasteiger partial charge is 0.361 e. The SMILES string of the molecule is CCC1CC2(F)CC(C2)N1C(=O)CC(C)c1c[nH]c2cccc(C)c12. The zero-order valence-electron chi connectivity index (χ0n) is 15.3. The summed E-state index contributed by atoms with van der Waals surface area (Å²) in [5.41, 5.74) is 2.57. The number of aryl methyl sites for hydroxylation is 1. The van der Waals surface area contributed by atoms with Crippen LogP contribution in [0.1, 0.15) is 63.0 Å². The molecule has 1 saturated carbocycles. The first-order valence-corrected chi connectivity index (χ1v) is 9.48. The maximum absolute atomic E-state index is 14.4. The van der Waals surface area contributed by atoms with Gasteiger partial charge in [0.15, 0.2) is 0 Å². The zero-order valence-corrected chi connectivity index (χ0v) is 15.3. The van der Waals surface area contributed by atoms with Crippen LogP contribution < -0.4 is 0 Å². The van der Waals surface area contributed by atoms with Crippen molar-refractivity contribution < 1.29 is 9.18 Å². The predicted octanol–water partition coefficient (Wildman–Crippen LogP) is 4.85. The van der Waals surface area contributed by atoms with Gasteiger partial charge in [0.05, 0.1) is 0 Å². The lowest BCUT2D eigenvalue weighted by atomic mass is 9.67. The number of carbonyl (C=O) groups excluding carboxylic acids is 1. The maximum atomic E-state index is 14.4. The monoisotopic (exact) mass is 342 g/mol. The van der Waals surface area contributed by atoms with Crippen molar-refractivity contribution in [2.24, 2.45) is 0 Å². The number of rotatable bonds is 4. The summed E-state index contributed by atoms with van der Waals surface area (Å²) in [4.78, 5) is 18.4. The molecule has 25 heavy (non-hydrogen) atoms. The summed E-state index contributed by atoms with van der Waals surface area (Å²) in [6, 6.07) is 6.43. The third-order valence-corrected chi connectivity index (χ3v) is 6.31. The van der Waals surface area contributed by atoms with Gasteiger partial charge in [-0.15, -0.1) is 0 Å². The molecular formula is C21H27FN2O. The first kappa shape index (κ1) is 16.6. The minimum absolute atomic E-state index is 0.0712. The van der Waals surface area contributed by atoms with E-state index < -0.39 is 5.67 Å². The van der Waals surface area contributed by atoms with Gasteiger partial charge < -0.3 is 9.88 Å². The lowest BCUT2D eigenvalue weighted by Gasteiger charge is -2.57. The highest BCUT2D eigenvalue weighted by Crippen LogP contribution is 2.50. The van der Waals surface area contributed by atoms with Crippen LogP contribution in [0.3, 0.4) is 0 Å². The molecule has 1 amide bonds. The van der Waals surface area contributed by atoms with Crippen molar-refractivity contribution in [3.8, 4) is 0 Å². The Bertz CT molecular complexity index is 805. The number of piperidine rings is 2. The topological polar surface area (TPSA) is 36.1 Å². The first-order valence-electron chi connectivity index (χ1n) is 9.48. The first-order chi connectivity index (χ1) is 11.9. The number of aromatic amines is 1. The summed E-state index contributed by atoms with van der Waals surface area (Å²) in [5, 5.41) is 1.24. The van der Waals surface area contributed by atoms with E-state index >= 15 is 0 Å². The van der Waals surface area contributed by atoms with Crippen LogP contribution in [-0.2, 0) is 4.79 Å². The predicted molar refractivity (Wildman–Crippen MR) is 98.5 cm³/mol. The molecule has 3 fully saturated rings. The molecule has 2 saturated heterocycles. The number of nitrogens with one attached hydrogen (secondary N) is 1. The second kappa shape index (κ2) is 5.86. The molecule has 3 heterocycles. The van der Waals surface area contributed by atoms with Crippen molar-refractivity contribution in [3.63, 3.8) is 0 Å². The second-order valence-electron chi connectivity index (χ2n) is 8.13. The fraction of sp³-hybridized carbons (Fsp3) is 0.571. The lowest BCUT2D eigenvalue weighted by Crippen LogP contribution is -2.65. The van der Waals surface area contributed by atoms with Crippen LogP contribution in [0.2, 0.25) is 0 Å². The lowest BCUT2D eigenvalue weighted by molar-refractivity contribution is -0.160. The van der Waals surface area contributed by atoms with E-state index in [1.54, 1.807) is 0 Å². The number of nitrogens with zero attached hydrogens (tertiary/aromatic N) is 1. The van der Waals surface area contributed by atoms with Crippen molar-refractivity contribution in [2.45, 2.75) is 76.5 Å². The molecule has 134 valence electrons. The molecule has 1 aliphatic carbocycles. The molecule has 2 unspecified atom stereocenters. The molecule has 2 aromatic rings. The summed E-state index contributed by atoms with van der Waals surface area (Å²) in [6.45, 7) is 6.30. The van der Waals surface area contributed by atoms with Crippen LogP contribution in [0.25, 0.3) is 10.9 Å². The Morgan fingerprint density at radius 2 is 2.16 bits per heavy atom. The Morgan fingerprint density at radius 3 is 2.88 bits per heavy atom. The van der Waals surface area contributed by atoms with E-state index in [2.05, 4.69) is 37.9 Å². The summed E-state index contributed by atoms with van der Waals surface area (Å²) in [6.07, 6.45) is 4.97. The molecule has 2 atom stereocenters. The number of amides is 1. The van der Waals surface area contributed by atoms with Crippen molar-refractivity contribution in [2.75, 3.05) is 0 Å². The number of benzene rings is 1. The van der Waals surface area contributed by atoms with Crippen LogP contribution >= 0.6 is 0 Å². The fourth-order valence-electron chi connectivity index (χ4n) is 4.98. The molecule has 0 radical (unpaired) electrons. The van der Waals surface area contributed by atoms with Gasteiger partial charge in [-0.2, -0.15) is 0 Å². The molecule has 3 nitrogen and oxygen atoms in total. The standard InChI is InChI=1S/C21H27FN2O/c1-4-15-9-21(22)10-16(11-21)24(15)19(25)8-14(3)17-12-23-18-7-5-6-13(2)20(17)18/h5-7,12,14-16,23H,4,8-11H2,1-3H3. The summed E-state index contributed by atoms with van der Waals surface area (Å²) >= 11 is 0. The van der Waals surface area contributed by atoms with Gasteiger partial charge >= 0.3 is 0 Å². The number of hydrogen-bond acceptors (Lipinski definition) is 1. The quantitative estimate of drug-likeness (QED) is 0.847. The Balaban J connectivity index is 1.54. The molecule has 2 aliphatic heterocycles. The highest BCUT2D eigenvalue weighted by Gasteiger charge is 2.55. The summed E-state index contributed by atoms with van der Waals surface area (Å²) < 4.78 is 14.4. The van der Waals surface area contributed by atoms with Crippen LogP contribution in [0.4, 0.5) is 4.39 Å². The second-order valence-corrected chi connectivity index (χ2v) is 8.13. The molecule has 2 bridgehead atoms. The third-order valence-electron chi connectivity index (χ3n) is 6.31.